The number of ether oxygens (including phenoxy) is 2. The topological polar surface area (TPSA) is 174 Å². The highest BCUT2D eigenvalue weighted by Crippen LogP contribution is 2.45. The third kappa shape index (κ3) is 6.35. The second-order valence-electron chi connectivity index (χ2n) is 12.5. The molecule has 47 heavy (non-hydrogen) atoms. The molecule has 4 aromatic carbocycles. The van der Waals surface area contributed by atoms with Crippen LogP contribution in [0, 0.1) is 6.92 Å². The number of phenols is 1. The minimum Gasteiger partial charge on any atom is -0.506 e. The molecule has 0 bridgehead atoms. The lowest BCUT2D eigenvalue weighted by Gasteiger charge is -2.39. The van der Waals surface area contributed by atoms with Gasteiger partial charge in [0.2, 0.25) is 6.29 Å². The molecule has 10 nitrogen and oxygen atoms in total. The normalized spacial score (nSPS) is 25.7. The molecule has 246 valence electrons. The number of rotatable bonds is 9. The van der Waals surface area contributed by atoms with Crippen molar-refractivity contribution in [3.05, 3.63) is 106 Å². The average molecular weight is 643 g/mol. The zero-order valence-electron chi connectivity index (χ0n) is 25.8. The number of Topliss-reactive ketones (excluding diaryl/α,β-unsaturated/α-hetero) is 1. The van der Waals surface area contributed by atoms with Crippen LogP contribution in [0.4, 0.5) is 0 Å². The van der Waals surface area contributed by atoms with Gasteiger partial charge in [0.05, 0.1) is 23.1 Å². The standard InChI is InChI=1S/C37H38O10/c1-19-13-23-15-24(36(44)45)17-28(46-37-35(43)34(42)32(40)29(18-38)47-37)31(23)33(41)30(19)27(39)16-22-12-11-21(14-20-7-3-2-4-8-20)25-9-5-6-10-26(22)25/h2-10,13,15,17,21-22,29,32,34-35,37-38,40-43H,11-12,14,16,18H2,1H3,(H,44,45)/t21-,22+,29+,32+,34-,35+,37-/m0/s1. The summed E-state index contributed by atoms with van der Waals surface area (Å²) < 4.78 is 11.3. The van der Waals surface area contributed by atoms with Gasteiger partial charge in [0, 0.05) is 6.42 Å². The van der Waals surface area contributed by atoms with E-state index < -0.39 is 49.0 Å². The summed E-state index contributed by atoms with van der Waals surface area (Å²) in [5, 5.41) is 62.3. The van der Waals surface area contributed by atoms with Crippen LogP contribution in [-0.2, 0) is 11.2 Å². The summed E-state index contributed by atoms with van der Waals surface area (Å²) in [5.41, 5.74) is 3.92. The molecule has 0 unspecified atom stereocenters. The number of carboxylic acids is 1. The number of phenolic OH excluding ortho intramolecular Hbond substituents is 1. The minimum atomic E-state index is -1.78. The highest BCUT2D eigenvalue weighted by molar-refractivity contribution is 6.09. The Hall–Kier alpha value is -4.32. The smallest absolute Gasteiger partial charge is 0.335 e. The van der Waals surface area contributed by atoms with Crippen LogP contribution < -0.4 is 4.74 Å². The third-order valence-corrected chi connectivity index (χ3v) is 9.49. The SMILES string of the molecule is Cc1cc2cc(C(=O)O)cc(O[C@H]3O[C@H](CO)[C@@H](O)[C@H](O)[C@H]3O)c2c(O)c1C(=O)C[C@H]1CC[C@@H](Cc2ccccc2)c2ccccc21. The van der Waals surface area contributed by atoms with Crippen LogP contribution in [0.3, 0.4) is 0 Å². The van der Waals surface area contributed by atoms with Crippen molar-refractivity contribution in [3.63, 3.8) is 0 Å². The van der Waals surface area contributed by atoms with Gasteiger partial charge in [0.15, 0.2) is 5.78 Å². The van der Waals surface area contributed by atoms with E-state index in [1.54, 1.807) is 13.0 Å². The molecule has 4 aromatic rings. The molecule has 1 aliphatic heterocycles. The summed E-state index contributed by atoms with van der Waals surface area (Å²) in [4.78, 5) is 26.0. The second kappa shape index (κ2) is 13.4. The number of ketones is 1. The molecule has 0 radical (unpaired) electrons. The Morgan fingerprint density at radius 3 is 2.21 bits per heavy atom. The van der Waals surface area contributed by atoms with Crippen LogP contribution in [0.5, 0.6) is 11.5 Å². The first-order valence-electron chi connectivity index (χ1n) is 15.7. The van der Waals surface area contributed by atoms with Gasteiger partial charge in [-0.1, -0.05) is 60.7 Å². The molecule has 0 aromatic heterocycles. The third-order valence-electron chi connectivity index (χ3n) is 9.49. The molecule has 0 saturated carbocycles. The maximum atomic E-state index is 14.0. The van der Waals surface area contributed by atoms with Gasteiger partial charge in [-0.2, -0.15) is 0 Å². The summed E-state index contributed by atoms with van der Waals surface area (Å²) in [6.45, 7) is 0.976. The molecule has 1 heterocycles. The average Bonchev–Trinajstić information content (AvgIpc) is 3.06. The lowest BCUT2D eigenvalue weighted by Crippen LogP contribution is -2.60. The lowest BCUT2D eigenvalue weighted by molar-refractivity contribution is -0.277. The number of hydrogen-bond donors (Lipinski definition) is 6. The van der Waals surface area contributed by atoms with Crippen molar-refractivity contribution in [2.45, 2.75) is 75.1 Å². The van der Waals surface area contributed by atoms with E-state index in [1.807, 2.05) is 30.3 Å². The molecule has 0 amide bonds. The minimum absolute atomic E-state index is 0.0212. The molecule has 1 aliphatic carbocycles. The number of aromatic carboxylic acids is 1. The van der Waals surface area contributed by atoms with E-state index in [2.05, 4.69) is 24.3 Å². The maximum Gasteiger partial charge on any atom is 0.335 e. The Balaban J connectivity index is 1.33. The quantitative estimate of drug-likeness (QED) is 0.145. The number of fused-ring (bicyclic) bond motifs is 2. The van der Waals surface area contributed by atoms with E-state index in [-0.39, 0.29) is 45.8 Å². The first-order valence-corrected chi connectivity index (χ1v) is 15.7. The summed E-state index contributed by atoms with van der Waals surface area (Å²) >= 11 is 0. The van der Waals surface area contributed by atoms with Crippen LogP contribution in [0.2, 0.25) is 0 Å². The van der Waals surface area contributed by atoms with Crippen molar-refractivity contribution in [1.82, 2.24) is 0 Å². The van der Waals surface area contributed by atoms with E-state index in [9.17, 15) is 40.2 Å². The van der Waals surface area contributed by atoms with Crippen LogP contribution in [0.25, 0.3) is 10.8 Å². The molecular weight excluding hydrogens is 604 g/mol. The fourth-order valence-corrected chi connectivity index (χ4v) is 7.10. The number of hydrogen-bond acceptors (Lipinski definition) is 9. The maximum absolute atomic E-state index is 14.0. The van der Waals surface area contributed by atoms with E-state index in [1.165, 1.54) is 17.2 Å². The summed E-state index contributed by atoms with van der Waals surface area (Å²) in [5.74, 6) is -1.95. The predicted molar refractivity (Wildman–Crippen MR) is 172 cm³/mol. The highest BCUT2D eigenvalue weighted by Gasteiger charge is 2.45. The number of carboxylic acid groups (broad SMARTS) is 1. The zero-order chi connectivity index (χ0) is 33.4. The van der Waals surface area contributed by atoms with E-state index in [0.717, 1.165) is 30.9 Å². The fourth-order valence-electron chi connectivity index (χ4n) is 7.10. The number of carbonyl (C=O) groups is 2. The molecule has 1 fully saturated rings. The van der Waals surface area contributed by atoms with Gasteiger partial charge in [0.25, 0.3) is 0 Å². The Kier molecular flexibility index (Phi) is 9.32. The van der Waals surface area contributed by atoms with Gasteiger partial charge in [-0.3, -0.25) is 4.79 Å². The molecule has 0 spiro atoms. The first kappa shape index (κ1) is 32.6. The number of aryl methyl sites for hydroxylation is 1. The van der Waals surface area contributed by atoms with Gasteiger partial charge < -0.3 is 40.1 Å². The number of aliphatic hydroxyl groups is 4. The Bertz CT molecular complexity index is 1790. The zero-order valence-corrected chi connectivity index (χ0v) is 25.8. The van der Waals surface area contributed by atoms with Gasteiger partial charge in [-0.25, -0.2) is 4.79 Å². The van der Waals surface area contributed by atoms with Crippen molar-refractivity contribution < 1.29 is 49.7 Å². The molecular formula is C37H38O10. The fraction of sp³-hybridized carbons (Fsp3) is 0.351. The highest BCUT2D eigenvalue weighted by atomic mass is 16.7. The molecule has 6 rings (SSSR count). The van der Waals surface area contributed by atoms with Gasteiger partial charge in [-0.05, 0) is 77.8 Å². The molecule has 1 saturated heterocycles. The predicted octanol–water partition coefficient (Wildman–Crippen LogP) is 4.21. The van der Waals surface area contributed by atoms with Crippen molar-refractivity contribution in [1.29, 1.82) is 0 Å². The van der Waals surface area contributed by atoms with Crippen LogP contribution in [0.1, 0.15) is 74.1 Å². The Morgan fingerprint density at radius 1 is 0.872 bits per heavy atom. The van der Waals surface area contributed by atoms with Crippen molar-refractivity contribution in [3.8, 4) is 11.5 Å². The number of aromatic hydroxyl groups is 1. The van der Waals surface area contributed by atoms with Crippen LogP contribution in [0.15, 0.2) is 72.8 Å². The molecule has 2 aliphatic rings. The van der Waals surface area contributed by atoms with Crippen molar-refractivity contribution >= 4 is 22.5 Å². The van der Waals surface area contributed by atoms with Gasteiger partial charge in [0.1, 0.15) is 35.9 Å². The Morgan fingerprint density at radius 2 is 1.53 bits per heavy atom. The van der Waals surface area contributed by atoms with Gasteiger partial charge >= 0.3 is 5.97 Å². The second-order valence-corrected chi connectivity index (χ2v) is 12.5. The molecule has 6 N–H and O–H groups in total. The van der Waals surface area contributed by atoms with E-state index in [0.29, 0.717) is 11.5 Å². The number of aliphatic hydroxyl groups excluding tert-OH is 4. The summed E-state index contributed by atoms with van der Waals surface area (Å²) in [7, 11) is 0. The van der Waals surface area contributed by atoms with Gasteiger partial charge in [-0.15, -0.1) is 0 Å². The number of benzene rings is 4. The van der Waals surface area contributed by atoms with E-state index in [4.69, 9.17) is 9.47 Å². The number of carbonyl (C=O) groups excluding carboxylic acids is 1. The molecule has 10 heteroatoms. The summed E-state index contributed by atoms with van der Waals surface area (Å²) in [6, 6.07) is 22.6. The van der Waals surface area contributed by atoms with Crippen LogP contribution >= 0.6 is 0 Å². The van der Waals surface area contributed by atoms with Crippen LogP contribution in [-0.4, -0.2) is 79.7 Å². The largest absolute Gasteiger partial charge is 0.506 e. The Labute approximate surface area is 271 Å². The van der Waals surface area contributed by atoms with Crippen molar-refractivity contribution in [2.75, 3.05) is 6.61 Å². The monoisotopic (exact) mass is 642 g/mol. The first-order chi connectivity index (χ1) is 22.6. The van der Waals surface area contributed by atoms with E-state index >= 15 is 0 Å². The summed E-state index contributed by atoms with van der Waals surface area (Å²) in [6.07, 6.45) is -5.31. The molecule has 7 atom stereocenters. The lowest BCUT2D eigenvalue weighted by atomic mass is 9.72. The van der Waals surface area contributed by atoms with Crippen molar-refractivity contribution in [2.24, 2.45) is 0 Å².